The van der Waals surface area contributed by atoms with Crippen molar-refractivity contribution in [2.75, 3.05) is 16.8 Å². The van der Waals surface area contributed by atoms with Gasteiger partial charge in [-0.1, -0.05) is 29.8 Å². The minimum absolute atomic E-state index is 0.0388. The molecule has 0 aliphatic heterocycles. The van der Waals surface area contributed by atoms with Gasteiger partial charge in [-0.05, 0) is 42.8 Å². The van der Waals surface area contributed by atoms with E-state index >= 15 is 0 Å². The Kier molecular flexibility index (Phi) is 7.50. The fourth-order valence-corrected chi connectivity index (χ4v) is 2.83. The monoisotopic (exact) mass is 391 g/mol. The second-order valence-corrected chi connectivity index (χ2v) is 6.85. The maximum atomic E-state index is 11.9. The van der Waals surface area contributed by atoms with Gasteiger partial charge in [-0.3, -0.25) is 25.2 Å². The van der Waals surface area contributed by atoms with E-state index in [1.54, 1.807) is 24.3 Å². The Labute approximate surface area is 160 Å². The summed E-state index contributed by atoms with van der Waals surface area (Å²) in [4.78, 5) is 35.4. The van der Waals surface area contributed by atoms with Crippen molar-refractivity contribution in [3.63, 3.8) is 0 Å². The lowest BCUT2D eigenvalue weighted by atomic mass is 10.2. The summed E-state index contributed by atoms with van der Waals surface area (Å²) in [6.45, 7) is 1.94. The smallest absolute Gasteiger partial charge is 0.269 e. The van der Waals surface area contributed by atoms with Gasteiger partial charge >= 0.3 is 0 Å². The third-order valence-electron chi connectivity index (χ3n) is 3.17. The standard InChI is InChI=1S/C18H18ClN3O3S/c1-12-4-2-7-15(8-12)20-16(23)10-26-11-17(24)21-22-18(25)13-5-3-6-14(19)9-13/h2-9H,10-11H2,1H3,(H,20,23)(H,21,24)(H,22,25). The van der Waals surface area contributed by atoms with E-state index in [2.05, 4.69) is 16.2 Å². The Morgan fingerprint density at radius 2 is 1.69 bits per heavy atom. The van der Waals surface area contributed by atoms with Gasteiger partial charge in [0.2, 0.25) is 11.8 Å². The summed E-state index contributed by atoms with van der Waals surface area (Å²) in [5, 5.41) is 3.19. The summed E-state index contributed by atoms with van der Waals surface area (Å²) < 4.78 is 0. The molecule has 0 fully saturated rings. The lowest BCUT2D eigenvalue weighted by Crippen LogP contribution is -2.42. The number of carbonyl (C=O) groups is 3. The van der Waals surface area contributed by atoms with E-state index in [4.69, 9.17) is 11.6 Å². The number of benzene rings is 2. The van der Waals surface area contributed by atoms with Gasteiger partial charge in [0.05, 0.1) is 11.5 Å². The van der Waals surface area contributed by atoms with Crippen molar-refractivity contribution in [2.24, 2.45) is 0 Å². The SMILES string of the molecule is Cc1cccc(NC(=O)CSCC(=O)NNC(=O)c2cccc(Cl)c2)c1. The fraction of sp³-hybridized carbons (Fsp3) is 0.167. The molecule has 0 unspecified atom stereocenters. The molecule has 2 aromatic carbocycles. The molecule has 0 aliphatic rings. The van der Waals surface area contributed by atoms with E-state index in [9.17, 15) is 14.4 Å². The van der Waals surface area contributed by atoms with E-state index in [0.29, 0.717) is 16.3 Å². The number of anilines is 1. The van der Waals surface area contributed by atoms with Crippen LogP contribution in [0.3, 0.4) is 0 Å². The maximum Gasteiger partial charge on any atom is 0.269 e. The third-order valence-corrected chi connectivity index (χ3v) is 4.34. The molecule has 0 spiro atoms. The van der Waals surface area contributed by atoms with Crippen molar-refractivity contribution < 1.29 is 14.4 Å². The molecule has 0 saturated heterocycles. The minimum Gasteiger partial charge on any atom is -0.325 e. The number of nitrogens with one attached hydrogen (secondary N) is 3. The van der Waals surface area contributed by atoms with Crippen molar-refractivity contribution in [3.05, 3.63) is 64.7 Å². The molecule has 2 rings (SSSR count). The molecule has 3 amide bonds. The van der Waals surface area contributed by atoms with Gasteiger partial charge in [-0.25, -0.2) is 0 Å². The number of hydrazine groups is 1. The van der Waals surface area contributed by atoms with Crippen LogP contribution in [-0.4, -0.2) is 29.2 Å². The van der Waals surface area contributed by atoms with Gasteiger partial charge in [-0.2, -0.15) is 0 Å². The van der Waals surface area contributed by atoms with E-state index in [0.717, 1.165) is 17.3 Å². The first-order chi connectivity index (χ1) is 12.4. The first kappa shape index (κ1) is 19.8. The molecule has 0 bridgehead atoms. The molecule has 3 N–H and O–H groups in total. The number of halogens is 1. The Bertz CT molecular complexity index is 814. The number of amides is 3. The molecular formula is C18H18ClN3O3S. The molecule has 0 saturated carbocycles. The number of carbonyl (C=O) groups excluding carboxylic acids is 3. The summed E-state index contributed by atoms with van der Waals surface area (Å²) in [5.41, 5.74) is 6.70. The fourth-order valence-electron chi connectivity index (χ4n) is 2.02. The predicted octanol–water partition coefficient (Wildman–Crippen LogP) is 2.78. The maximum absolute atomic E-state index is 11.9. The Morgan fingerprint density at radius 3 is 2.42 bits per heavy atom. The van der Waals surface area contributed by atoms with Crippen LogP contribution >= 0.6 is 23.4 Å². The molecule has 0 atom stereocenters. The normalized spacial score (nSPS) is 10.1. The number of thioether (sulfide) groups is 1. The lowest BCUT2D eigenvalue weighted by Gasteiger charge is -2.08. The highest BCUT2D eigenvalue weighted by molar-refractivity contribution is 8.00. The zero-order chi connectivity index (χ0) is 18.9. The van der Waals surface area contributed by atoms with Crippen molar-refractivity contribution >= 4 is 46.8 Å². The topological polar surface area (TPSA) is 87.3 Å². The Morgan fingerprint density at radius 1 is 0.962 bits per heavy atom. The van der Waals surface area contributed by atoms with Crippen LogP contribution in [0, 0.1) is 6.92 Å². The van der Waals surface area contributed by atoms with Crippen LogP contribution in [0.2, 0.25) is 5.02 Å². The van der Waals surface area contributed by atoms with E-state index in [1.807, 2.05) is 25.1 Å². The molecule has 2 aromatic rings. The van der Waals surface area contributed by atoms with E-state index in [-0.39, 0.29) is 17.4 Å². The van der Waals surface area contributed by atoms with Crippen molar-refractivity contribution in [1.29, 1.82) is 0 Å². The first-order valence-electron chi connectivity index (χ1n) is 7.73. The van der Waals surface area contributed by atoms with Gasteiger partial charge in [-0.15, -0.1) is 11.8 Å². The lowest BCUT2D eigenvalue weighted by molar-refractivity contribution is -0.119. The van der Waals surface area contributed by atoms with Gasteiger partial charge in [0.25, 0.3) is 5.91 Å². The molecule has 0 aromatic heterocycles. The van der Waals surface area contributed by atoms with Crippen LogP contribution in [0.1, 0.15) is 15.9 Å². The van der Waals surface area contributed by atoms with Gasteiger partial charge < -0.3 is 5.32 Å². The first-order valence-corrected chi connectivity index (χ1v) is 9.26. The van der Waals surface area contributed by atoms with Crippen LogP contribution in [0.25, 0.3) is 0 Å². The quantitative estimate of drug-likeness (QED) is 0.661. The molecule has 6 nitrogen and oxygen atoms in total. The molecule has 136 valence electrons. The second kappa shape index (κ2) is 9.84. The van der Waals surface area contributed by atoms with Crippen LogP contribution in [-0.2, 0) is 9.59 Å². The van der Waals surface area contributed by atoms with Crippen LogP contribution in [0.15, 0.2) is 48.5 Å². The van der Waals surface area contributed by atoms with Gasteiger partial charge in [0.1, 0.15) is 0 Å². The summed E-state index contributed by atoms with van der Waals surface area (Å²) in [7, 11) is 0. The molecular weight excluding hydrogens is 374 g/mol. The number of rotatable bonds is 6. The number of aryl methyl sites for hydroxylation is 1. The molecule has 8 heteroatoms. The van der Waals surface area contributed by atoms with Crippen molar-refractivity contribution in [1.82, 2.24) is 10.9 Å². The van der Waals surface area contributed by atoms with Crippen LogP contribution < -0.4 is 16.2 Å². The van der Waals surface area contributed by atoms with E-state index in [1.165, 1.54) is 6.07 Å². The highest BCUT2D eigenvalue weighted by atomic mass is 35.5. The molecule has 0 aliphatic carbocycles. The highest BCUT2D eigenvalue weighted by Gasteiger charge is 2.09. The Balaban J connectivity index is 1.67. The zero-order valence-corrected chi connectivity index (χ0v) is 15.6. The molecule has 0 heterocycles. The average molecular weight is 392 g/mol. The minimum atomic E-state index is -0.469. The largest absolute Gasteiger partial charge is 0.325 e. The zero-order valence-electron chi connectivity index (χ0n) is 14.0. The predicted molar refractivity (Wildman–Crippen MR) is 104 cm³/mol. The van der Waals surface area contributed by atoms with Gasteiger partial charge in [0.15, 0.2) is 0 Å². The number of hydrogen-bond acceptors (Lipinski definition) is 4. The highest BCUT2D eigenvalue weighted by Crippen LogP contribution is 2.11. The van der Waals surface area contributed by atoms with Gasteiger partial charge in [0, 0.05) is 16.3 Å². The average Bonchev–Trinajstić information content (AvgIpc) is 2.59. The Hall–Kier alpha value is -2.51. The number of hydrogen-bond donors (Lipinski definition) is 3. The second-order valence-electron chi connectivity index (χ2n) is 5.42. The summed E-state index contributed by atoms with van der Waals surface area (Å²) in [6.07, 6.45) is 0. The van der Waals surface area contributed by atoms with E-state index < -0.39 is 11.8 Å². The molecule has 0 radical (unpaired) electrons. The van der Waals surface area contributed by atoms with Crippen molar-refractivity contribution in [2.45, 2.75) is 6.92 Å². The summed E-state index contributed by atoms with van der Waals surface area (Å²) in [5.74, 6) is -0.908. The third kappa shape index (κ3) is 6.78. The van der Waals surface area contributed by atoms with Crippen LogP contribution in [0.5, 0.6) is 0 Å². The van der Waals surface area contributed by atoms with Crippen molar-refractivity contribution in [3.8, 4) is 0 Å². The summed E-state index contributed by atoms with van der Waals surface area (Å²) >= 11 is 6.95. The van der Waals surface area contributed by atoms with Crippen LogP contribution in [0.4, 0.5) is 5.69 Å². The molecule has 26 heavy (non-hydrogen) atoms. The summed E-state index contributed by atoms with van der Waals surface area (Å²) in [6, 6.07) is 13.8.